The molecule has 1 rings (SSSR count). The monoisotopic (exact) mass is 208 g/mol. The number of benzene rings is 1. The summed E-state index contributed by atoms with van der Waals surface area (Å²) in [7, 11) is 0. The van der Waals surface area contributed by atoms with E-state index in [1.165, 1.54) is 5.56 Å². The summed E-state index contributed by atoms with van der Waals surface area (Å²) in [6, 6.07) is 8.19. The highest BCUT2D eigenvalue weighted by molar-refractivity contribution is 5.27. The largest absolute Gasteiger partial charge is 0.492 e. The van der Waals surface area contributed by atoms with E-state index in [9.17, 15) is 0 Å². The van der Waals surface area contributed by atoms with Crippen LogP contribution in [0.3, 0.4) is 0 Å². The second-order valence-electron chi connectivity index (χ2n) is 3.53. The van der Waals surface area contributed by atoms with E-state index in [0.29, 0.717) is 13.2 Å². The fourth-order valence-electron chi connectivity index (χ4n) is 1.40. The SMILES string of the molecule is NCCCCc1ccc(OCCN)cc1. The van der Waals surface area contributed by atoms with Crippen molar-refractivity contribution in [3.05, 3.63) is 29.8 Å². The summed E-state index contributed by atoms with van der Waals surface area (Å²) in [6.07, 6.45) is 3.33. The number of rotatable bonds is 7. The van der Waals surface area contributed by atoms with Gasteiger partial charge in [0, 0.05) is 6.54 Å². The molecule has 0 radical (unpaired) electrons. The van der Waals surface area contributed by atoms with E-state index in [1.807, 2.05) is 12.1 Å². The molecular formula is C12H20N2O. The van der Waals surface area contributed by atoms with Crippen molar-refractivity contribution < 1.29 is 4.74 Å². The second-order valence-corrected chi connectivity index (χ2v) is 3.53. The molecule has 0 fully saturated rings. The molecule has 0 amide bonds. The van der Waals surface area contributed by atoms with Crippen LogP contribution in [0.25, 0.3) is 0 Å². The predicted octanol–water partition coefficient (Wildman–Crippen LogP) is 1.31. The quantitative estimate of drug-likeness (QED) is 0.664. The average Bonchev–Trinajstić information content (AvgIpc) is 2.28. The maximum Gasteiger partial charge on any atom is 0.119 e. The fourth-order valence-corrected chi connectivity index (χ4v) is 1.40. The van der Waals surface area contributed by atoms with Crippen LogP contribution in [0.5, 0.6) is 5.75 Å². The van der Waals surface area contributed by atoms with Gasteiger partial charge in [-0.2, -0.15) is 0 Å². The molecule has 3 nitrogen and oxygen atoms in total. The van der Waals surface area contributed by atoms with Crippen LogP contribution in [0.2, 0.25) is 0 Å². The molecule has 0 bridgehead atoms. The molecule has 0 heterocycles. The van der Waals surface area contributed by atoms with E-state index in [1.54, 1.807) is 0 Å². The first-order valence-corrected chi connectivity index (χ1v) is 5.48. The Hall–Kier alpha value is -1.06. The highest BCUT2D eigenvalue weighted by atomic mass is 16.5. The van der Waals surface area contributed by atoms with E-state index in [2.05, 4.69) is 12.1 Å². The third kappa shape index (κ3) is 4.81. The summed E-state index contributed by atoms with van der Waals surface area (Å²) in [5.41, 5.74) is 12.1. The standard InChI is InChI=1S/C12H20N2O/c13-8-2-1-3-11-4-6-12(7-5-11)15-10-9-14/h4-7H,1-3,8-10,13-14H2. The normalized spacial score (nSPS) is 10.3. The Kier molecular flexibility index (Phi) is 5.81. The molecule has 0 aliphatic carbocycles. The van der Waals surface area contributed by atoms with E-state index >= 15 is 0 Å². The van der Waals surface area contributed by atoms with Gasteiger partial charge < -0.3 is 16.2 Å². The van der Waals surface area contributed by atoms with Gasteiger partial charge in [0.1, 0.15) is 12.4 Å². The van der Waals surface area contributed by atoms with Crippen molar-refractivity contribution in [1.82, 2.24) is 0 Å². The smallest absolute Gasteiger partial charge is 0.119 e. The minimum Gasteiger partial charge on any atom is -0.492 e. The summed E-state index contributed by atoms with van der Waals surface area (Å²) >= 11 is 0. The van der Waals surface area contributed by atoms with Crippen molar-refractivity contribution in [2.24, 2.45) is 11.5 Å². The van der Waals surface area contributed by atoms with Crippen molar-refractivity contribution in [3.63, 3.8) is 0 Å². The first-order chi connectivity index (χ1) is 7.36. The van der Waals surface area contributed by atoms with Crippen molar-refractivity contribution in [1.29, 1.82) is 0 Å². The number of unbranched alkanes of at least 4 members (excludes halogenated alkanes) is 1. The van der Waals surface area contributed by atoms with Gasteiger partial charge in [-0.25, -0.2) is 0 Å². The number of aryl methyl sites for hydroxylation is 1. The molecule has 84 valence electrons. The Morgan fingerprint density at radius 3 is 2.27 bits per heavy atom. The topological polar surface area (TPSA) is 61.3 Å². The molecular weight excluding hydrogens is 188 g/mol. The highest BCUT2D eigenvalue weighted by Gasteiger charge is 1.95. The summed E-state index contributed by atoms with van der Waals surface area (Å²) < 4.78 is 5.39. The van der Waals surface area contributed by atoms with Gasteiger partial charge in [0.15, 0.2) is 0 Å². The Morgan fingerprint density at radius 2 is 1.67 bits per heavy atom. The predicted molar refractivity (Wildman–Crippen MR) is 63.0 cm³/mol. The highest BCUT2D eigenvalue weighted by Crippen LogP contribution is 2.13. The molecule has 0 unspecified atom stereocenters. The summed E-state index contributed by atoms with van der Waals surface area (Å²) in [4.78, 5) is 0. The number of hydrogen-bond donors (Lipinski definition) is 2. The van der Waals surface area contributed by atoms with Crippen LogP contribution in [-0.4, -0.2) is 19.7 Å². The van der Waals surface area contributed by atoms with Crippen LogP contribution < -0.4 is 16.2 Å². The summed E-state index contributed by atoms with van der Waals surface area (Å²) in [5, 5.41) is 0. The molecule has 0 atom stereocenters. The maximum atomic E-state index is 5.44. The number of ether oxygens (including phenoxy) is 1. The Bertz CT molecular complexity index is 259. The zero-order valence-electron chi connectivity index (χ0n) is 9.11. The molecule has 0 saturated carbocycles. The van der Waals surface area contributed by atoms with Crippen LogP contribution in [0.1, 0.15) is 18.4 Å². The molecule has 1 aromatic rings. The average molecular weight is 208 g/mol. The van der Waals surface area contributed by atoms with Gasteiger partial charge in [-0.15, -0.1) is 0 Å². The lowest BCUT2D eigenvalue weighted by Gasteiger charge is -2.05. The molecule has 0 aliphatic heterocycles. The van der Waals surface area contributed by atoms with Gasteiger partial charge in [-0.1, -0.05) is 12.1 Å². The molecule has 1 aromatic carbocycles. The van der Waals surface area contributed by atoms with Crippen LogP contribution in [0.4, 0.5) is 0 Å². The molecule has 0 aromatic heterocycles. The van der Waals surface area contributed by atoms with Crippen molar-refractivity contribution in [3.8, 4) is 5.75 Å². The van der Waals surface area contributed by atoms with Gasteiger partial charge in [0.2, 0.25) is 0 Å². The Balaban J connectivity index is 2.35. The lowest BCUT2D eigenvalue weighted by atomic mass is 10.1. The first-order valence-electron chi connectivity index (χ1n) is 5.48. The van der Waals surface area contributed by atoms with Gasteiger partial charge in [-0.3, -0.25) is 0 Å². The molecule has 4 N–H and O–H groups in total. The molecule has 0 spiro atoms. The third-order valence-electron chi connectivity index (χ3n) is 2.23. The zero-order valence-corrected chi connectivity index (χ0v) is 9.11. The second kappa shape index (κ2) is 7.26. The van der Waals surface area contributed by atoms with E-state index in [-0.39, 0.29) is 0 Å². The molecule has 3 heteroatoms. The third-order valence-corrected chi connectivity index (χ3v) is 2.23. The minimum atomic E-state index is 0.554. The molecule has 0 saturated heterocycles. The Labute approximate surface area is 91.4 Å². The van der Waals surface area contributed by atoms with Crippen LogP contribution in [-0.2, 0) is 6.42 Å². The maximum absolute atomic E-state index is 5.44. The molecule has 15 heavy (non-hydrogen) atoms. The van der Waals surface area contributed by atoms with Crippen LogP contribution in [0.15, 0.2) is 24.3 Å². The van der Waals surface area contributed by atoms with Gasteiger partial charge >= 0.3 is 0 Å². The Morgan fingerprint density at radius 1 is 0.933 bits per heavy atom. The van der Waals surface area contributed by atoms with Crippen LogP contribution in [0, 0.1) is 0 Å². The van der Waals surface area contributed by atoms with Crippen molar-refractivity contribution >= 4 is 0 Å². The number of hydrogen-bond acceptors (Lipinski definition) is 3. The van der Waals surface area contributed by atoms with E-state index in [0.717, 1.165) is 31.6 Å². The van der Waals surface area contributed by atoms with Crippen molar-refractivity contribution in [2.75, 3.05) is 19.7 Å². The summed E-state index contributed by atoms with van der Waals surface area (Å²) in [5.74, 6) is 0.892. The lowest BCUT2D eigenvalue weighted by Crippen LogP contribution is -2.10. The zero-order chi connectivity index (χ0) is 10.9. The summed E-state index contributed by atoms with van der Waals surface area (Å²) in [6.45, 7) is 1.91. The van der Waals surface area contributed by atoms with Gasteiger partial charge in [0.05, 0.1) is 0 Å². The minimum absolute atomic E-state index is 0.554. The van der Waals surface area contributed by atoms with Crippen molar-refractivity contribution in [2.45, 2.75) is 19.3 Å². The lowest BCUT2D eigenvalue weighted by molar-refractivity contribution is 0.328. The van der Waals surface area contributed by atoms with E-state index < -0.39 is 0 Å². The number of nitrogens with two attached hydrogens (primary N) is 2. The van der Waals surface area contributed by atoms with E-state index in [4.69, 9.17) is 16.2 Å². The van der Waals surface area contributed by atoms with Gasteiger partial charge in [0.25, 0.3) is 0 Å². The van der Waals surface area contributed by atoms with Gasteiger partial charge in [-0.05, 0) is 43.5 Å². The molecule has 0 aliphatic rings. The van der Waals surface area contributed by atoms with Crippen LogP contribution >= 0.6 is 0 Å². The fraction of sp³-hybridized carbons (Fsp3) is 0.500. The first kappa shape index (κ1) is 12.0.